The smallest absolute Gasteiger partial charge is 0.262 e. The normalized spacial score (nSPS) is 10.5. The maximum Gasteiger partial charge on any atom is 0.262 e. The Bertz CT molecular complexity index is 1280. The Labute approximate surface area is 205 Å². The van der Waals surface area contributed by atoms with E-state index >= 15 is 0 Å². The second-order valence-corrected chi connectivity index (χ2v) is 7.22. The minimum absolute atomic E-state index is 0.0297. The molecule has 0 saturated heterocycles. The predicted molar refractivity (Wildman–Crippen MR) is 129 cm³/mol. The van der Waals surface area contributed by atoms with Crippen LogP contribution in [-0.4, -0.2) is 37.7 Å². The standard InChI is InChI=1S/C25H22F2N4O5/c1-35-22-12-16(10-11-21(22)36-15-25(34)30-20-9-5-3-7-18(20)27)14-28-31-24(33)13-23(32)29-19-8-4-2-6-17(19)26/h2-12,14H,13,15H2,1H3,(H,29,32)(H,30,34)(H,31,33). The van der Waals surface area contributed by atoms with Gasteiger partial charge in [0, 0.05) is 0 Å². The van der Waals surface area contributed by atoms with Crippen LogP contribution < -0.4 is 25.5 Å². The summed E-state index contributed by atoms with van der Waals surface area (Å²) in [7, 11) is 1.40. The molecule has 3 amide bonds. The van der Waals surface area contributed by atoms with Crippen molar-refractivity contribution in [3.63, 3.8) is 0 Å². The van der Waals surface area contributed by atoms with Crippen LogP contribution in [0.15, 0.2) is 71.8 Å². The third kappa shape index (κ3) is 7.62. The molecule has 0 saturated carbocycles. The maximum atomic E-state index is 13.6. The molecule has 3 aromatic carbocycles. The number of hydrogen-bond acceptors (Lipinski definition) is 6. The maximum absolute atomic E-state index is 13.6. The van der Waals surface area contributed by atoms with Crippen molar-refractivity contribution in [3.8, 4) is 11.5 Å². The number of para-hydroxylation sites is 2. The van der Waals surface area contributed by atoms with Gasteiger partial charge in [0.1, 0.15) is 18.1 Å². The van der Waals surface area contributed by atoms with E-state index in [1.807, 2.05) is 0 Å². The van der Waals surface area contributed by atoms with Crippen molar-refractivity contribution in [2.45, 2.75) is 6.42 Å². The van der Waals surface area contributed by atoms with E-state index in [2.05, 4.69) is 21.2 Å². The number of carbonyl (C=O) groups excluding carboxylic acids is 3. The summed E-state index contributed by atoms with van der Waals surface area (Å²) in [4.78, 5) is 35.9. The fourth-order valence-corrected chi connectivity index (χ4v) is 2.90. The van der Waals surface area contributed by atoms with Crippen LogP contribution in [0.25, 0.3) is 0 Å². The van der Waals surface area contributed by atoms with Gasteiger partial charge in [-0.15, -0.1) is 0 Å². The number of hydrogen-bond donors (Lipinski definition) is 3. The molecule has 0 aliphatic rings. The molecule has 9 nitrogen and oxygen atoms in total. The first-order chi connectivity index (χ1) is 17.4. The van der Waals surface area contributed by atoms with Crippen LogP contribution in [0.3, 0.4) is 0 Å². The molecule has 0 aromatic heterocycles. The van der Waals surface area contributed by atoms with Gasteiger partial charge in [-0.25, -0.2) is 14.2 Å². The lowest BCUT2D eigenvalue weighted by molar-refractivity contribution is -0.126. The fraction of sp³-hybridized carbons (Fsp3) is 0.120. The highest BCUT2D eigenvalue weighted by molar-refractivity contribution is 6.03. The van der Waals surface area contributed by atoms with Crippen molar-refractivity contribution in [2.24, 2.45) is 5.10 Å². The van der Waals surface area contributed by atoms with Gasteiger partial charge in [0.15, 0.2) is 18.1 Å². The van der Waals surface area contributed by atoms with Gasteiger partial charge < -0.3 is 20.1 Å². The second kappa shape index (κ2) is 12.6. The number of hydrazone groups is 1. The highest BCUT2D eigenvalue weighted by Gasteiger charge is 2.12. The van der Waals surface area contributed by atoms with Crippen LogP contribution in [0, 0.1) is 11.6 Å². The Balaban J connectivity index is 1.49. The van der Waals surface area contributed by atoms with Crippen molar-refractivity contribution in [2.75, 3.05) is 24.4 Å². The molecule has 186 valence electrons. The Morgan fingerprint density at radius 2 is 1.44 bits per heavy atom. The third-order valence-electron chi connectivity index (χ3n) is 4.57. The summed E-state index contributed by atoms with van der Waals surface area (Å²) in [6.07, 6.45) is 0.751. The van der Waals surface area contributed by atoms with Gasteiger partial charge in [0.25, 0.3) is 5.91 Å². The molecule has 0 spiro atoms. The number of halogens is 2. The topological polar surface area (TPSA) is 118 Å². The lowest BCUT2D eigenvalue weighted by Crippen LogP contribution is -2.24. The molecule has 0 atom stereocenters. The number of ether oxygens (including phenoxy) is 2. The number of nitrogens with one attached hydrogen (secondary N) is 3. The van der Waals surface area contributed by atoms with Crippen molar-refractivity contribution in [1.82, 2.24) is 5.43 Å². The molecule has 0 aliphatic heterocycles. The fourth-order valence-electron chi connectivity index (χ4n) is 2.90. The summed E-state index contributed by atoms with van der Waals surface area (Å²) in [5.41, 5.74) is 2.73. The zero-order valence-corrected chi connectivity index (χ0v) is 19.1. The van der Waals surface area contributed by atoms with Gasteiger partial charge in [0.05, 0.1) is 24.7 Å². The average Bonchev–Trinajstić information content (AvgIpc) is 2.86. The summed E-state index contributed by atoms with van der Waals surface area (Å²) in [6, 6.07) is 16.0. The quantitative estimate of drug-likeness (QED) is 0.226. The molecule has 0 unspecified atom stereocenters. The first-order valence-electron chi connectivity index (χ1n) is 10.6. The lowest BCUT2D eigenvalue weighted by Gasteiger charge is -2.11. The van der Waals surface area contributed by atoms with E-state index in [0.717, 1.165) is 0 Å². The van der Waals surface area contributed by atoms with E-state index < -0.39 is 35.8 Å². The Kier molecular flexibility index (Phi) is 9.04. The van der Waals surface area contributed by atoms with Crippen LogP contribution >= 0.6 is 0 Å². The molecule has 3 rings (SSSR count). The highest BCUT2D eigenvalue weighted by Crippen LogP contribution is 2.27. The number of carbonyl (C=O) groups is 3. The van der Waals surface area contributed by atoms with E-state index in [-0.39, 0.29) is 29.5 Å². The molecule has 0 radical (unpaired) electrons. The van der Waals surface area contributed by atoms with Crippen LogP contribution in [-0.2, 0) is 14.4 Å². The summed E-state index contributed by atoms with van der Waals surface area (Å²) < 4.78 is 37.9. The highest BCUT2D eigenvalue weighted by atomic mass is 19.1. The zero-order valence-electron chi connectivity index (χ0n) is 19.1. The molecule has 11 heteroatoms. The molecular formula is C25H22F2N4O5. The van der Waals surface area contributed by atoms with Crippen LogP contribution in [0.1, 0.15) is 12.0 Å². The number of amides is 3. The molecule has 3 N–H and O–H groups in total. The average molecular weight is 496 g/mol. The van der Waals surface area contributed by atoms with E-state index in [4.69, 9.17) is 9.47 Å². The molecule has 0 heterocycles. The zero-order chi connectivity index (χ0) is 25.9. The molecule has 0 fully saturated rings. The van der Waals surface area contributed by atoms with Gasteiger partial charge in [-0.2, -0.15) is 5.10 Å². The van der Waals surface area contributed by atoms with Gasteiger partial charge in [-0.1, -0.05) is 24.3 Å². The number of nitrogens with zero attached hydrogens (tertiary/aromatic N) is 1. The minimum Gasteiger partial charge on any atom is -0.493 e. The number of benzene rings is 3. The monoisotopic (exact) mass is 496 g/mol. The van der Waals surface area contributed by atoms with Crippen LogP contribution in [0.2, 0.25) is 0 Å². The summed E-state index contributed by atoms with van der Waals surface area (Å²) in [5, 5.41) is 8.49. The summed E-state index contributed by atoms with van der Waals surface area (Å²) in [5.74, 6) is -2.60. The van der Waals surface area contributed by atoms with Crippen molar-refractivity contribution in [3.05, 3.63) is 83.9 Å². The van der Waals surface area contributed by atoms with E-state index in [1.54, 1.807) is 24.3 Å². The van der Waals surface area contributed by atoms with Gasteiger partial charge in [-0.05, 0) is 48.0 Å². The SMILES string of the molecule is COc1cc(C=NNC(=O)CC(=O)Nc2ccccc2F)ccc1OCC(=O)Nc1ccccc1F. The van der Waals surface area contributed by atoms with Crippen LogP contribution in [0.4, 0.5) is 20.2 Å². The summed E-state index contributed by atoms with van der Waals surface area (Å²) in [6.45, 7) is -0.386. The largest absolute Gasteiger partial charge is 0.493 e. The van der Waals surface area contributed by atoms with E-state index in [9.17, 15) is 23.2 Å². The molecule has 36 heavy (non-hydrogen) atoms. The van der Waals surface area contributed by atoms with Gasteiger partial charge in [0.2, 0.25) is 11.8 Å². The molecule has 0 aliphatic carbocycles. The molecule has 3 aromatic rings. The Morgan fingerprint density at radius 3 is 2.06 bits per heavy atom. The van der Waals surface area contributed by atoms with Crippen molar-refractivity contribution in [1.29, 1.82) is 0 Å². The van der Waals surface area contributed by atoms with E-state index in [0.29, 0.717) is 5.56 Å². The Hall–Kier alpha value is -4.80. The molecule has 0 bridgehead atoms. The lowest BCUT2D eigenvalue weighted by atomic mass is 10.2. The van der Waals surface area contributed by atoms with Crippen molar-refractivity contribution >= 4 is 35.3 Å². The number of anilines is 2. The minimum atomic E-state index is -0.701. The van der Waals surface area contributed by atoms with Gasteiger partial charge in [-0.3, -0.25) is 14.4 Å². The van der Waals surface area contributed by atoms with E-state index in [1.165, 1.54) is 55.8 Å². The third-order valence-corrected chi connectivity index (χ3v) is 4.57. The predicted octanol–water partition coefficient (Wildman–Crippen LogP) is 3.47. The second-order valence-electron chi connectivity index (χ2n) is 7.22. The summed E-state index contributed by atoms with van der Waals surface area (Å²) >= 11 is 0. The number of methoxy groups -OCH3 is 1. The van der Waals surface area contributed by atoms with Crippen LogP contribution in [0.5, 0.6) is 11.5 Å². The first-order valence-corrected chi connectivity index (χ1v) is 10.6. The van der Waals surface area contributed by atoms with Gasteiger partial charge >= 0.3 is 0 Å². The first kappa shape index (κ1) is 25.8. The van der Waals surface area contributed by atoms with Crippen molar-refractivity contribution < 1.29 is 32.6 Å². The molecular weight excluding hydrogens is 474 g/mol. The Morgan fingerprint density at radius 1 is 0.833 bits per heavy atom. The number of rotatable bonds is 10.